The van der Waals surface area contributed by atoms with E-state index in [2.05, 4.69) is 0 Å². The maximum Gasteiger partial charge on any atom is 0.163 e. The van der Waals surface area contributed by atoms with Crippen molar-refractivity contribution in [3.63, 3.8) is 0 Å². The van der Waals surface area contributed by atoms with E-state index in [9.17, 15) is 9.59 Å². The Balaban J connectivity index is 2.97. The van der Waals surface area contributed by atoms with Crippen molar-refractivity contribution in [2.24, 2.45) is 0 Å². The Kier molecular flexibility index (Phi) is 4.22. The van der Waals surface area contributed by atoms with E-state index in [4.69, 9.17) is 0 Å². The Labute approximate surface area is 90.3 Å². The monoisotopic (exact) mass is 204 g/mol. The molecule has 1 aromatic rings. The van der Waals surface area contributed by atoms with Gasteiger partial charge >= 0.3 is 0 Å². The standard InChI is InChI=1S/C13H16O2/c1-3-4-8-13(15)11-7-5-6-10(2)12(11)9-14/h5-7,9H,3-4,8H2,1-2H3. The topological polar surface area (TPSA) is 34.1 Å². The first-order valence-corrected chi connectivity index (χ1v) is 5.28. The molecule has 15 heavy (non-hydrogen) atoms. The van der Waals surface area contributed by atoms with Gasteiger partial charge in [0.25, 0.3) is 0 Å². The van der Waals surface area contributed by atoms with Crippen LogP contribution < -0.4 is 0 Å². The van der Waals surface area contributed by atoms with Gasteiger partial charge in [0, 0.05) is 17.5 Å². The fraction of sp³-hybridized carbons (Fsp3) is 0.385. The summed E-state index contributed by atoms with van der Waals surface area (Å²) in [7, 11) is 0. The molecule has 0 unspecified atom stereocenters. The number of aryl methyl sites for hydroxylation is 1. The predicted octanol–water partition coefficient (Wildman–Crippen LogP) is 3.18. The van der Waals surface area contributed by atoms with Crippen molar-refractivity contribution in [1.29, 1.82) is 0 Å². The summed E-state index contributed by atoms with van der Waals surface area (Å²) in [5, 5.41) is 0. The molecule has 0 heterocycles. The number of hydrogen-bond donors (Lipinski definition) is 0. The van der Waals surface area contributed by atoms with Crippen LogP contribution in [0.25, 0.3) is 0 Å². The van der Waals surface area contributed by atoms with Gasteiger partial charge in [0.05, 0.1) is 0 Å². The minimum Gasteiger partial charge on any atom is -0.298 e. The lowest BCUT2D eigenvalue weighted by atomic mass is 9.97. The number of rotatable bonds is 5. The van der Waals surface area contributed by atoms with Crippen LogP contribution in [-0.4, -0.2) is 12.1 Å². The zero-order valence-electron chi connectivity index (χ0n) is 9.25. The summed E-state index contributed by atoms with van der Waals surface area (Å²) < 4.78 is 0. The van der Waals surface area contributed by atoms with Crippen LogP contribution >= 0.6 is 0 Å². The second-order valence-electron chi connectivity index (χ2n) is 3.68. The Morgan fingerprint density at radius 3 is 2.73 bits per heavy atom. The minimum absolute atomic E-state index is 0.0719. The number of hydrogen-bond acceptors (Lipinski definition) is 2. The van der Waals surface area contributed by atoms with Crippen molar-refractivity contribution in [2.75, 3.05) is 0 Å². The molecule has 0 aliphatic heterocycles. The second-order valence-corrected chi connectivity index (χ2v) is 3.68. The maximum absolute atomic E-state index is 11.8. The van der Waals surface area contributed by atoms with Crippen molar-refractivity contribution < 1.29 is 9.59 Å². The summed E-state index contributed by atoms with van der Waals surface area (Å²) in [5.74, 6) is 0.0719. The molecule has 0 atom stereocenters. The lowest BCUT2D eigenvalue weighted by Crippen LogP contribution is -2.04. The molecule has 0 saturated heterocycles. The summed E-state index contributed by atoms with van der Waals surface area (Å²) in [6.45, 7) is 3.89. The first-order chi connectivity index (χ1) is 7.20. The molecule has 0 aromatic heterocycles. The van der Waals surface area contributed by atoms with Gasteiger partial charge in [0.2, 0.25) is 0 Å². The highest BCUT2D eigenvalue weighted by Crippen LogP contribution is 2.15. The molecule has 1 rings (SSSR count). The van der Waals surface area contributed by atoms with Crippen molar-refractivity contribution in [2.45, 2.75) is 33.1 Å². The van der Waals surface area contributed by atoms with E-state index in [1.165, 1.54) is 0 Å². The highest BCUT2D eigenvalue weighted by Gasteiger charge is 2.11. The van der Waals surface area contributed by atoms with Crippen LogP contribution in [0.1, 0.15) is 52.5 Å². The van der Waals surface area contributed by atoms with Crippen LogP contribution in [0.15, 0.2) is 18.2 Å². The normalized spacial score (nSPS) is 10.0. The van der Waals surface area contributed by atoms with Gasteiger partial charge in [-0.3, -0.25) is 9.59 Å². The summed E-state index contributed by atoms with van der Waals surface area (Å²) >= 11 is 0. The quantitative estimate of drug-likeness (QED) is 0.545. The number of carbonyl (C=O) groups is 2. The molecule has 2 nitrogen and oxygen atoms in total. The third-order valence-corrected chi connectivity index (χ3v) is 2.50. The van der Waals surface area contributed by atoms with E-state index in [0.717, 1.165) is 24.7 Å². The highest BCUT2D eigenvalue weighted by molar-refractivity contribution is 6.03. The van der Waals surface area contributed by atoms with Crippen LogP contribution in [0.5, 0.6) is 0 Å². The van der Waals surface area contributed by atoms with Gasteiger partial charge in [-0.15, -0.1) is 0 Å². The van der Waals surface area contributed by atoms with E-state index in [1.807, 2.05) is 26.0 Å². The lowest BCUT2D eigenvalue weighted by molar-refractivity contribution is 0.0973. The molecule has 1 aromatic carbocycles. The number of aldehydes is 1. The van der Waals surface area contributed by atoms with Gasteiger partial charge in [-0.2, -0.15) is 0 Å². The summed E-state index contributed by atoms with van der Waals surface area (Å²) in [6, 6.07) is 5.40. The highest BCUT2D eigenvalue weighted by atomic mass is 16.1. The molecule has 0 bridgehead atoms. The molecule has 0 N–H and O–H groups in total. The molecule has 0 saturated carbocycles. The molecule has 0 radical (unpaired) electrons. The van der Waals surface area contributed by atoms with Crippen LogP contribution in [0.4, 0.5) is 0 Å². The predicted molar refractivity (Wildman–Crippen MR) is 60.4 cm³/mol. The van der Waals surface area contributed by atoms with E-state index in [1.54, 1.807) is 6.07 Å². The van der Waals surface area contributed by atoms with Crippen molar-refractivity contribution in [3.8, 4) is 0 Å². The minimum atomic E-state index is 0.0719. The number of carbonyl (C=O) groups excluding carboxylic acids is 2. The van der Waals surface area contributed by atoms with Gasteiger partial charge in [-0.05, 0) is 18.9 Å². The SMILES string of the molecule is CCCCC(=O)c1cccc(C)c1C=O. The molecule has 2 heteroatoms. The fourth-order valence-electron chi connectivity index (χ4n) is 1.55. The molecular weight excluding hydrogens is 188 g/mol. The molecule has 0 spiro atoms. The van der Waals surface area contributed by atoms with Gasteiger partial charge in [-0.25, -0.2) is 0 Å². The Hall–Kier alpha value is -1.44. The molecule has 0 aliphatic carbocycles. The summed E-state index contributed by atoms with van der Waals surface area (Å²) in [5.41, 5.74) is 1.98. The van der Waals surface area contributed by atoms with E-state index >= 15 is 0 Å². The zero-order chi connectivity index (χ0) is 11.3. The molecule has 0 aliphatic rings. The second kappa shape index (κ2) is 5.44. The van der Waals surface area contributed by atoms with Crippen molar-refractivity contribution in [1.82, 2.24) is 0 Å². The van der Waals surface area contributed by atoms with Crippen LogP contribution in [0.3, 0.4) is 0 Å². The average Bonchev–Trinajstić information content (AvgIpc) is 2.25. The number of ketones is 1. The van der Waals surface area contributed by atoms with Crippen LogP contribution in [0, 0.1) is 6.92 Å². The van der Waals surface area contributed by atoms with E-state index < -0.39 is 0 Å². The largest absolute Gasteiger partial charge is 0.298 e. The third kappa shape index (κ3) is 2.75. The Morgan fingerprint density at radius 1 is 1.40 bits per heavy atom. The number of Topliss-reactive ketones (excluding diaryl/α,β-unsaturated/α-hetero) is 1. The molecular formula is C13H16O2. The zero-order valence-corrected chi connectivity index (χ0v) is 9.25. The fourth-order valence-corrected chi connectivity index (χ4v) is 1.55. The van der Waals surface area contributed by atoms with E-state index in [0.29, 0.717) is 17.5 Å². The Bertz CT molecular complexity index is 367. The van der Waals surface area contributed by atoms with Crippen molar-refractivity contribution in [3.05, 3.63) is 34.9 Å². The summed E-state index contributed by atoms with van der Waals surface area (Å²) in [6.07, 6.45) is 3.17. The summed E-state index contributed by atoms with van der Waals surface area (Å²) in [4.78, 5) is 22.7. The lowest BCUT2D eigenvalue weighted by Gasteiger charge is -2.05. The van der Waals surface area contributed by atoms with Gasteiger partial charge in [0.1, 0.15) is 0 Å². The number of unbranched alkanes of at least 4 members (excludes halogenated alkanes) is 1. The Morgan fingerprint density at radius 2 is 2.13 bits per heavy atom. The van der Waals surface area contributed by atoms with Crippen molar-refractivity contribution >= 4 is 12.1 Å². The van der Waals surface area contributed by atoms with Gasteiger partial charge in [-0.1, -0.05) is 31.5 Å². The first kappa shape index (κ1) is 11.6. The van der Waals surface area contributed by atoms with Gasteiger partial charge < -0.3 is 0 Å². The first-order valence-electron chi connectivity index (χ1n) is 5.28. The third-order valence-electron chi connectivity index (χ3n) is 2.50. The molecule has 80 valence electrons. The van der Waals surface area contributed by atoms with Crippen LogP contribution in [0.2, 0.25) is 0 Å². The van der Waals surface area contributed by atoms with Crippen LogP contribution in [-0.2, 0) is 0 Å². The molecule has 0 fully saturated rings. The maximum atomic E-state index is 11.8. The number of benzene rings is 1. The molecule has 0 amide bonds. The average molecular weight is 204 g/mol. The smallest absolute Gasteiger partial charge is 0.163 e. The van der Waals surface area contributed by atoms with E-state index in [-0.39, 0.29) is 5.78 Å². The van der Waals surface area contributed by atoms with Gasteiger partial charge in [0.15, 0.2) is 12.1 Å².